The van der Waals surface area contributed by atoms with Crippen molar-refractivity contribution in [3.8, 4) is 11.5 Å². The Balaban J connectivity index is 1.65. The molecule has 1 N–H and O–H groups in total. The van der Waals surface area contributed by atoms with Crippen LogP contribution in [0.3, 0.4) is 0 Å². The van der Waals surface area contributed by atoms with Gasteiger partial charge in [0, 0.05) is 44.5 Å². The topological polar surface area (TPSA) is 84.0 Å². The van der Waals surface area contributed by atoms with E-state index in [1.54, 1.807) is 44.4 Å². The summed E-state index contributed by atoms with van der Waals surface area (Å²) in [6, 6.07) is 18.3. The number of amides is 2. The van der Waals surface area contributed by atoms with Gasteiger partial charge in [0.05, 0.1) is 25.8 Å². The number of methoxy groups -OCH3 is 2. The van der Waals surface area contributed by atoms with Crippen LogP contribution in [0.5, 0.6) is 11.5 Å². The minimum absolute atomic E-state index is 0.00707. The lowest BCUT2D eigenvalue weighted by molar-refractivity contribution is -0.131. The largest absolute Gasteiger partial charge is 0.497 e. The van der Waals surface area contributed by atoms with Crippen LogP contribution in [0, 0.1) is 0 Å². The minimum atomic E-state index is -0.291. The van der Waals surface area contributed by atoms with Crippen molar-refractivity contribution in [1.29, 1.82) is 0 Å². The Morgan fingerprint density at radius 2 is 1.74 bits per heavy atom. The normalized spacial score (nSPS) is 15.6. The summed E-state index contributed by atoms with van der Waals surface area (Å²) < 4.78 is 10.6. The molecule has 2 heterocycles. The van der Waals surface area contributed by atoms with E-state index in [4.69, 9.17) is 9.47 Å². The van der Waals surface area contributed by atoms with Crippen molar-refractivity contribution in [1.82, 2.24) is 14.8 Å². The number of carbonyl (C=O) groups excluding carboxylic acids is 2. The Labute approximate surface area is 199 Å². The molecule has 1 saturated heterocycles. The van der Waals surface area contributed by atoms with Crippen LogP contribution in [0.25, 0.3) is 0 Å². The van der Waals surface area contributed by atoms with Gasteiger partial charge in [-0.05, 0) is 42.0 Å². The van der Waals surface area contributed by atoms with Gasteiger partial charge in [-0.3, -0.25) is 9.59 Å². The maximum absolute atomic E-state index is 13.8. The monoisotopic (exact) mass is 460 g/mol. The zero-order chi connectivity index (χ0) is 24.1. The average Bonchev–Trinajstić information content (AvgIpc) is 2.88. The van der Waals surface area contributed by atoms with E-state index in [0.717, 1.165) is 17.0 Å². The van der Waals surface area contributed by atoms with Crippen molar-refractivity contribution in [3.05, 3.63) is 78.0 Å². The van der Waals surface area contributed by atoms with Crippen molar-refractivity contribution >= 4 is 23.3 Å². The third-order valence-corrected chi connectivity index (χ3v) is 5.96. The van der Waals surface area contributed by atoms with Gasteiger partial charge in [-0.2, -0.15) is 0 Å². The van der Waals surface area contributed by atoms with E-state index in [9.17, 15) is 9.59 Å². The highest BCUT2D eigenvalue weighted by Gasteiger charge is 2.34. The Morgan fingerprint density at radius 1 is 0.971 bits per heavy atom. The molecular weight excluding hydrogens is 432 g/mol. The highest BCUT2D eigenvalue weighted by molar-refractivity contribution is 5.99. The number of benzene rings is 2. The number of anilines is 2. The molecule has 1 aliphatic rings. The standard InChI is InChI=1S/C26H28N4O4/c1-18(31)29-14-15-30(24(17-29)19-9-11-21(33-2)12-10-19)26(32)23-8-5-13-27-25(23)28-20-6-4-7-22(16-20)34-3/h4-13,16,24H,14-15,17H2,1-3H3,(H,27,28). The molecule has 1 unspecified atom stereocenters. The predicted molar refractivity (Wildman–Crippen MR) is 130 cm³/mol. The second-order valence-electron chi connectivity index (χ2n) is 8.01. The first-order valence-electron chi connectivity index (χ1n) is 11.1. The molecule has 1 aliphatic heterocycles. The molecule has 4 rings (SSSR count). The van der Waals surface area contributed by atoms with Crippen LogP contribution in [0.2, 0.25) is 0 Å². The molecule has 0 aliphatic carbocycles. The average molecular weight is 461 g/mol. The Hall–Kier alpha value is -4.07. The third-order valence-electron chi connectivity index (χ3n) is 5.96. The fourth-order valence-corrected chi connectivity index (χ4v) is 4.09. The highest BCUT2D eigenvalue weighted by atomic mass is 16.5. The van der Waals surface area contributed by atoms with Gasteiger partial charge in [0.2, 0.25) is 5.91 Å². The molecule has 0 radical (unpaired) electrons. The first kappa shape index (κ1) is 23.1. The number of piperazine rings is 1. The summed E-state index contributed by atoms with van der Waals surface area (Å²) >= 11 is 0. The van der Waals surface area contributed by atoms with Crippen LogP contribution in [0.1, 0.15) is 28.9 Å². The second-order valence-corrected chi connectivity index (χ2v) is 8.01. The van der Waals surface area contributed by atoms with Crippen molar-refractivity contribution in [3.63, 3.8) is 0 Å². The second kappa shape index (κ2) is 10.2. The lowest BCUT2D eigenvalue weighted by Crippen LogP contribution is -2.52. The van der Waals surface area contributed by atoms with Crippen LogP contribution in [-0.2, 0) is 4.79 Å². The van der Waals surface area contributed by atoms with Gasteiger partial charge in [0.1, 0.15) is 17.3 Å². The van der Waals surface area contributed by atoms with Gasteiger partial charge in [-0.1, -0.05) is 18.2 Å². The number of rotatable bonds is 6. The van der Waals surface area contributed by atoms with Crippen molar-refractivity contribution in [2.45, 2.75) is 13.0 Å². The van der Waals surface area contributed by atoms with Crippen LogP contribution >= 0.6 is 0 Å². The maximum Gasteiger partial charge on any atom is 0.258 e. The zero-order valence-corrected chi connectivity index (χ0v) is 19.5. The first-order valence-corrected chi connectivity index (χ1v) is 11.1. The summed E-state index contributed by atoms with van der Waals surface area (Å²) in [4.78, 5) is 33.9. The summed E-state index contributed by atoms with van der Waals surface area (Å²) in [6.45, 7) is 2.88. The van der Waals surface area contributed by atoms with Gasteiger partial charge in [0.15, 0.2) is 0 Å². The van der Waals surface area contributed by atoms with E-state index in [1.165, 1.54) is 0 Å². The van der Waals surface area contributed by atoms with Gasteiger partial charge in [-0.25, -0.2) is 4.98 Å². The molecule has 3 aromatic rings. The Bertz CT molecular complexity index is 1170. The summed E-state index contributed by atoms with van der Waals surface area (Å²) in [5.41, 5.74) is 2.16. The first-order chi connectivity index (χ1) is 16.5. The number of nitrogens with one attached hydrogen (secondary N) is 1. The number of ether oxygens (including phenoxy) is 2. The number of hydrogen-bond donors (Lipinski definition) is 1. The summed E-state index contributed by atoms with van der Waals surface area (Å²) in [7, 11) is 3.22. The molecule has 34 heavy (non-hydrogen) atoms. The molecule has 0 spiro atoms. The molecule has 8 nitrogen and oxygen atoms in total. The number of carbonyl (C=O) groups is 2. The number of pyridine rings is 1. The molecule has 2 amide bonds. The van der Waals surface area contributed by atoms with Crippen molar-refractivity contribution in [2.75, 3.05) is 39.2 Å². The molecule has 176 valence electrons. The molecule has 2 aromatic carbocycles. The highest BCUT2D eigenvalue weighted by Crippen LogP contribution is 2.30. The predicted octanol–water partition coefficient (Wildman–Crippen LogP) is 3.89. The quantitative estimate of drug-likeness (QED) is 0.601. The Kier molecular flexibility index (Phi) is 6.96. The smallest absolute Gasteiger partial charge is 0.258 e. The molecule has 1 fully saturated rings. The van der Waals surface area contributed by atoms with Gasteiger partial charge in [0.25, 0.3) is 5.91 Å². The summed E-state index contributed by atoms with van der Waals surface area (Å²) in [5.74, 6) is 1.74. The summed E-state index contributed by atoms with van der Waals surface area (Å²) in [6.07, 6.45) is 1.65. The molecule has 0 bridgehead atoms. The lowest BCUT2D eigenvalue weighted by Gasteiger charge is -2.41. The van der Waals surface area contributed by atoms with E-state index in [0.29, 0.717) is 36.8 Å². The van der Waals surface area contributed by atoms with Crippen molar-refractivity contribution < 1.29 is 19.1 Å². The molecule has 8 heteroatoms. The van der Waals surface area contributed by atoms with Gasteiger partial charge >= 0.3 is 0 Å². The molecule has 0 saturated carbocycles. The van der Waals surface area contributed by atoms with Crippen LogP contribution in [-0.4, -0.2) is 60.5 Å². The van der Waals surface area contributed by atoms with Crippen LogP contribution in [0.4, 0.5) is 11.5 Å². The summed E-state index contributed by atoms with van der Waals surface area (Å²) in [5, 5.41) is 3.24. The molecule has 1 atom stereocenters. The van der Waals surface area contributed by atoms with Gasteiger partial charge in [-0.15, -0.1) is 0 Å². The van der Waals surface area contributed by atoms with E-state index in [2.05, 4.69) is 10.3 Å². The number of nitrogens with zero attached hydrogens (tertiary/aromatic N) is 3. The van der Waals surface area contributed by atoms with Crippen LogP contribution < -0.4 is 14.8 Å². The van der Waals surface area contributed by atoms with Crippen LogP contribution in [0.15, 0.2) is 66.9 Å². The fraction of sp³-hybridized carbons (Fsp3) is 0.269. The molecular formula is C26H28N4O4. The number of hydrogen-bond acceptors (Lipinski definition) is 6. The zero-order valence-electron chi connectivity index (χ0n) is 19.5. The minimum Gasteiger partial charge on any atom is -0.497 e. The maximum atomic E-state index is 13.8. The van der Waals surface area contributed by atoms with E-state index in [-0.39, 0.29) is 17.9 Å². The SMILES string of the molecule is COc1ccc(C2CN(C(C)=O)CCN2C(=O)c2cccnc2Nc2cccc(OC)c2)cc1. The number of aromatic nitrogens is 1. The molecule has 1 aromatic heterocycles. The Morgan fingerprint density at radius 3 is 2.44 bits per heavy atom. The third kappa shape index (κ3) is 4.96. The fourth-order valence-electron chi connectivity index (χ4n) is 4.09. The van der Waals surface area contributed by atoms with Crippen molar-refractivity contribution in [2.24, 2.45) is 0 Å². The lowest BCUT2D eigenvalue weighted by atomic mass is 10.0. The van der Waals surface area contributed by atoms with E-state index in [1.807, 2.05) is 53.4 Å². The van der Waals surface area contributed by atoms with Gasteiger partial charge < -0.3 is 24.6 Å². The van der Waals surface area contributed by atoms with E-state index >= 15 is 0 Å². The van der Waals surface area contributed by atoms with E-state index < -0.39 is 0 Å².